The highest BCUT2D eigenvalue weighted by Crippen LogP contribution is 2.03. The van der Waals surface area contributed by atoms with Gasteiger partial charge in [0.05, 0.1) is 5.56 Å². The Morgan fingerprint density at radius 1 is 1.20 bits per heavy atom. The van der Waals surface area contributed by atoms with Gasteiger partial charge < -0.3 is 0 Å². The minimum Gasteiger partial charge on any atom is -0.206 e. The highest BCUT2D eigenvalue weighted by atomic mass is 19.1. The molecule has 0 saturated heterocycles. The number of hydrogen-bond donors (Lipinski definition) is 0. The lowest BCUT2D eigenvalue weighted by Crippen LogP contribution is -1.79. The lowest BCUT2D eigenvalue weighted by atomic mass is 10.2. The fourth-order valence-corrected chi connectivity index (χ4v) is 0.613. The summed E-state index contributed by atoms with van der Waals surface area (Å²) < 4.78 is 23.8. The Morgan fingerprint density at radius 3 is 2.50 bits per heavy atom. The van der Waals surface area contributed by atoms with E-state index in [4.69, 9.17) is 0 Å². The van der Waals surface area contributed by atoms with E-state index in [2.05, 4.69) is 0 Å². The van der Waals surface area contributed by atoms with Crippen molar-refractivity contribution in [2.24, 2.45) is 0 Å². The summed E-state index contributed by atoms with van der Waals surface area (Å²) in [4.78, 5) is 0. The molecule has 0 N–H and O–H groups in total. The maximum Gasteiger partial charge on any atom is 0.138 e. The van der Waals surface area contributed by atoms with Crippen LogP contribution in [0.1, 0.15) is 5.56 Å². The second-order valence-electron chi connectivity index (χ2n) is 1.70. The van der Waals surface area contributed by atoms with E-state index in [1.165, 1.54) is 18.2 Å². The van der Waals surface area contributed by atoms with Crippen molar-refractivity contribution in [3.63, 3.8) is 0 Å². The number of hydrogen-bond acceptors (Lipinski definition) is 0. The van der Waals surface area contributed by atoms with Gasteiger partial charge in [0.25, 0.3) is 0 Å². The van der Waals surface area contributed by atoms with Crippen molar-refractivity contribution in [2.75, 3.05) is 0 Å². The molecule has 0 unspecified atom stereocenters. The zero-order valence-corrected chi connectivity index (χ0v) is 5.07. The van der Waals surface area contributed by atoms with Crippen LogP contribution in [0.15, 0.2) is 24.3 Å². The first-order chi connectivity index (χ1) is 4.84. The smallest absolute Gasteiger partial charge is 0.138 e. The third-order valence-corrected chi connectivity index (χ3v) is 1.06. The van der Waals surface area contributed by atoms with Crippen molar-refractivity contribution in [1.82, 2.24) is 0 Å². The van der Waals surface area contributed by atoms with Crippen molar-refractivity contribution in [2.45, 2.75) is 0 Å². The van der Waals surface area contributed by atoms with Crippen molar-refractivity contribution in [1.29, 1.82) is 0 Å². The van der Waals surface area contributed by atoms with Crippen LogP contribution in [0.25, 0.3) is 0 Å². The van der Waals surface area contributed by atoms with Crippen LogP contribution in [0.5, 0.6) is 0 Å². The van der Waals surface area contributed by atoms with Gasteiger partial charge in [-0.05, 0) is 18.1 Å². The molecule has 0 saturated carbocycles. The van der Waals surface area contributed by atoms with Crippen LogP contribution >= 0.6 is 0 Å². The van der Waals surface area contributed by atoms with Gasteiger partial charge in [-0.2, -0.15) is 0 Å². The molecule has 50 valence electrons. The first-order valence-electron chi connectivity index (χ1n) is 2.71. The van der Waals surface area contributed by atoms with Gasteiger partial charge in [0.1, 0.15) is 12.0 Å². The zero-order valence-electron chi connectivity index (χ0n) is 5.07. The average molecular weight is 138 g/mol. The van der Waals surface area contributed by atoms with E-state index in [1.807, 2.05) is 5.92 Å². The Kier molecular flexibility index (Phi) is 2.01. The van der Waals surface area contributed by atoms with Gasteiger partial charge in [-0.3, -0.25) is 0 Å². The maximum atomic E-state index is 12.5. The molecule has 0 atom stereocenters. The van der Waals surface area contributed by atoms with E-state index in [1.54, 1.807) is 6.07 Å². The standard InChI is InChI=1S/C8H4F2/c9-6-5-7-3-1-2-4-8(7)10/h1-4H. The molecule has 10 heavy (non-hydrogen) atoms. The number of benzene rings is 1. The summed E-state index contributed by atoms with van der Waals surface area (Å²) in [5.41, 5.74) is 0.0880. The van der Waals surface area contributed by atoms with Crippen LogP contribution in [0.4, 0.5) is 8.78 Å². The van der Waals surface area contributed by atoms with Crippen molar-refractivity contribution in [3.8, 4) is 12.1 Å². The first kappa shape index (κ1) is 6.76. The third-order valence-electron chi connectivity index (χ3n) is 1.06. The summed E-state index contributed by atoms with van der Waals surface area (Å²) in [7, 11) is 0. The third kappa shape index (κ3) is 1.32. The Morgan fingerprint density at radius 2 is 1.90 bits per heavy atom. The van der Waals surface area contributed by atoms with Gasteiger partial charge in [0.2, 0.25) is 0 Å². The SMILES string of the molecule is FC#Cc1ccccc1F. The summed E-state index contributed by atoms with van der Waals surface area (Å²) in [6.45, 7) is 0. The Labute approximate surface area is 57.5 Å². The second-order valence-corrected chi connectivity index (χ2v) is 1.70. The molecular formula is C8H4F2. The summed E-state index contributed by atoms with van der Waals surface area (Å²) in [5.74, 6) is 1.49. The molecule has 0 radical (unpaired) electrons. The summed E-state index contributed by atoms with van der Waals surface area (Å²) >= 11 is 0. The van der Waals surface area contributed by atoms with E-state index in [0.29, 0.717) is 0 Å². The van der Waals surface area contributed by atoms with Gasteiger partial charge in [0.15, 0.2) is 0 Å². The molecular weight excluding hydrogens is 134 g/mol. The van der Waals surface area contributed by atoms with E-state index in [9.17, 15) is 8.78 Å². The average Bonchev–Trinajstić information content (AvgIpc) is 1.94. The van der Waals surface area contributed by atoms with Gasteiger partial charge >= 0.3 is 0 Å². The Balaban J connectivity index is 3.11. The quantitative estimate of drug-likeness (QED) is 0.481. The Hall–Kier alpha value is -1.36. The van der Waals surface area contributed by atoms with Crippen LogP contribution in [-0.4, -0.2) is 0 Å². The molecule has 2 heteroatoms. The molecule has 0 fully saturated rings. The maximum absolute atomic E-state index is 12.5. The molecule has 0 bridgehead atoms. The number of halogens is 2. The minimum absolute atomic E-state index is 0.0880. The topological polar surface area (TPSA) is 0 Å². The van der Waals surface area contributed by atoms with Gasteiger partial charge in [0, 0.05) is 0 Å². The Bertz CT molecular complexity index is 281. The molecule has 1 aromatic rings. The molecule has 0 aliphatic heterocycles. The van der Waals surface area contributed by atoms with E-state index in [0.717, 1.165) is 6.17 Å². The number of rotatable bonds is 0. The van der Waals surface area contributed by atoms with Crippen molar-refractivity contribution >= 4 is 0 Å². The lowest BCUT2D eigenvalue weighted by Gasteiger charge is -1.88. The monoisotopic (exact) mass is 138 g/mol. The molecule has 0 aromatic heterocycles. The molecule has 0 heterocycles. The second kappa shape index (κ2) is 2.98. The molecule has 0 aliphatic carbocycles. The minimum atomic E-state index is -0.493. The lowest BCUT2D eigenvalue weighted by molar-refractivity contribution is 0.624. The van der Waals surface area contributed by atoms with E-state index < -0.39 is 5.82 Å². The van der Waals surface area contributed by atoms with Crippen LogP contribution in [0.3, 0.4) is 0 Å². The van der Waals surface area contributed by atoms with E-state index >= 15 is 0 Å². The normalized spacial score (nSPS) is 8.20. The van der Waals surface area contributed by atoms with Crippen LogP contribution in [-0.2, 0) is 0 Å². The molecule has 1 aromatic carbocycles. The predicted molar refractivity (Wildman–Crippen MR) is 34.4 cm³/mol. The molecule has 1 rings (SSSR count). The zero-order chi connectivity index (χ0) is 7.40. The molecule has 0 aliphatic rings. The summed E-state index contributed by atoms with van der Waals surface area (Å²) in [6.07, 6.45) is 1.13. The van der Waals surface area contributed by atoms with Gasteiger partial charge in [-0.25, -0.2) is 4.39 Å². The van der Waals surface area contributed by atoms with Crippen LogP contribution in [0, 0.1) is 17.9 Å². The summed E-state index contributed by atoms with van der Waals surface area (Å²) in [5, 5.41) is 0. The summed E-state index contributed by atoms with van der Waals surface area (Å²) in [6, 6.07) is 5.78. The van der Waals surface area contributed by atoms with Crippen LogP contribution in [0.2, 0.25) is 0 Å². The van der Waals surface area contributed by atoms with Crippen molar-refractivity contribution in [3.05, 3.63) is 35.6 Å². The van der Waals surface area contributed by atoms with Gasteiger partial charge in [-0.15, -0.1) is 4.39 Å². The van der Waals surface area contributed by atoms with Crippen molar-refractivity contribution < 1.29 is 8.78 Å². The fourth-order valence-electron chi connectivity index (χ4n) is 0.613. The molecule has 0 amide bonds. The predicted octanol–water partition coefficient (Wildman–Crippen LogP) is 2.10. The molecule has 0 nitrogen and oxygen atoms in total. The van der Waals surface area contributed by atoms with Gasteiger partial charge in [-0.1, -0.05) is 12.1 Å². The largest absolute Gasteiger partial charge is 0.206 e. The fraction of sp³-hybridized carbons (Fsp3) is 0. The first-order valence-corrected chi connectivity index (χ1v) is 2.71. The van der Waals surface area contributed by atoms with Crippen LogP contribution < -0.4 is 0 Å². The highest BCUT2D eigenvalue weighted by molar-refractivity contribution is 5.33. The van der Waals surface area contributed by atoms with E-state index in [-0.39, 0.29) is 5.56 Å². The molecule has 0 spiro atoms. The highest BCUT2D eigenvalue weighted by Gasteiger charge is 1.93.